The van der Waals surface area contributed by atoms with E-state index in [1.54, 1.807) is 0 Å². The molecule has 2 rings (SSSR count). The molecule has 0 saturated heterocycles. The molecular formula is C10H10ClN3OS. The highest BCUT2D eigenvalue weighted by Gasteiger charge is 2.04. The highest BCUT2D eigenvalue weighted by molar-refractivity contribution is 6.99. The lowest BCUT2D eigenvalue weighted by molar-refractivity contribution is 0.281. The van der Waals surface area contributed by atoms with Crippen LogP contribution in [0.25, 0.3) is 0 Å². The fourth-order valence-corrected chi connectivity index (χ4v) is 1.99. The van der Waals surface area contributed by atoms with E-state index in [1.165, 1.54) is 0 Å². The van der Waals surface area contributed by atoms with Gasteiger partial charge < -0.3 is 10.4 Å². The van der Waals surface area contributed by atoms with Crippen LogP contribution in [0.5, 0.6) is 0 Å². The third-order valence-corrected chi connectivity index (χ3v) is 2.97. The van der Waals surface area contributed by atoms with Crippen LogP contribution in [0.4, 0.5) is 5.82 Å². The van der Waals surface area contributed by atoms with Crippen molar-refractivity contribution in [1.29, 1.82) is 0 Å². The normalized spacial score (nSPS) is 10.4. The Morgan fingerprint density at radius 3 is 2.81 bits per heavy atom. The Hall–Kier alpha value is -1.17. The lowest BCUT2D eigenvalue weighted by Gasteiger charge is -2.04. The van der Waals surface area contributed by atoms with E-state index < -0.39 is 0 Å². The van der Waals surface area contributed by atoms with Crippen molar-refractivity contribution in [2.75, 3.05) is 5.32 Å². The summed E-state index contributed by atoms with van der Waals surface area (Å²) < 4.78 is 7.87. The number of anilines is 1. The minimum absolute atomic E-state index is 0.0485. The van der Waals surface area contributed by atoms with E-state index in [0.717, 1.165) is 22.9 Å². The van der Waals surface area contributed by atoms with E-state index in [-0.39, 0.29) is 6.61 Å². The van der Waals surface area contributed by atoms with E-state index in [9.17, 15) is 0 Å². The van der Waals surface area contributed by atoms with Crippen molar-refractivity contribution in [3.05, 3.63) is 40.5 Å². The van der Waals surface area contributed by atoms with Gasteiger partial charge in [-0.15, -0.1) is 0 Å². The van der Waals surface area contributed by atoms with Gasteiger partial charge in [0.05, 0.1) is 18.3 Å². The number of aromatic nitrogens is 2. The first-order valence-corrected chi connectivity index (χ1v) is 5.81. The Kier molecular flexibility index (Phi) is 3.71. The van der Waals surface area contributed by atoms with E-state index in [0.29, 0.717) is 17.5 Å². The molecule has 0 fully saturated rings. The quantitative estimate of drug-likeness (QED) is 0.880. The molecule has 0 radical (unpaired) electrons. The number of aliphatic hydroxyl groups is 1. The molecule has 0 atom stereocenters. The van der Waals surface area contributed by atoms with Crippen molar-refractivity contribution < 1.29 is 5.11 Å². The van der Waals surface area contributed by atoms with Crippen molar-refractivity contribution in [1.82, 2.24) is 8.75 Å². The first-order chi connectivity index (χ1) is 7.79. The molecule has 2 aromatic rings. The number of nitrogens with zero attached hydrogens (tertiary/aromatic N) is 2. The predicted octanol–water partition coefficient (Wildman–Crippen LogP) is 2.30. The molecule has 16 heavy (non-hydrogen) atoms. The summed E-state index contributed by atoms with van der Waals surface area (Å²) in [5, 5.41) is 12.5. The second kappa shape index (κ2) is 5.25. The smallest absolute Gasteiger partial charge is 0.186 e. The number of hydrogen-bond donors (Lipinski definition) is 2. The van der Waals surface area contributed by atoms with Crippen molar-refractivity contribution >= 4 is 29.1 Å². The zero-order valence-electron chi connectivity index (χ0n) is 8.35. The lowest BCUT2D eigenvalue weighted by atomic mass is 10.1. The van der Waals surface area contributed by atoms with Gasteiger partial charge >= 0.3 is 0 Å². The average molecular weight is 256 g/mol. The van der Waals surface area contributed by atoms with E-state index in [4.69, 9.17) is 16.7 Å². The molecule has 0 saturated carbocycles. The molecule has 1 aromatic carbocycles. The fourth-order valence-electron chi connectivity index (χ4n) is 1.31. The van der Waals surface area contributed by atoms with Gasteiger partial charge in [-0.25, -0.2) is 0 Å². The summed E-state index contributed by atoms with van der Waals surface area (Å²) in [4.78, 5) is 0. The zero-order valence-corrected chi connectivity index (χ0v) is 9.92. The number of rotatable bonds is 4. The molecule has 1 heterocycles. The number of nitrogens with one attached hydrogen (secondary N) is 1. The standard InChI is InChI=1S/C10H10ClN3OS/c11-9-10(14-16-13-9)12-5-7-2-1-3-8(4-7)6-15/h1-4,15H,5-6H2,(H,12,14). The average Bonchev–Trinajstić information content (AvgIpc) is 2.72. The molecule has 84 valence electrons. The van der Waals surface area contributed by atoms with Gasteiger partial charge in [-0.1, -0.05) is 35.9 Å². The summed E-state index contributed by atoms with van der Waals surface area (Å²) in [7, 11) is 0. The van der Waals surface area contributed by atoms with Crippen LogP contribution >= 0.6 is 23.3 Å². The Morgan fingerprint density at radius 2 is 2.12 bits per heavy atom. The first kappa shape index (κ1) is 11.3. The molecule has 2 N–H and O–H groups in total. The molecule has 0 aliphatic carbocycles. The van der Waals surface area contributed by atoms with Crippen molar-refractivity contribution in [3.8, 4) is 0 Å². The summed E-state index contributed by atoms with van der Waals surface area (Å²) in [5.41, 5.74) is 1.96. The summed E-state index contributed by atoms with van der Waals surface area (Å²) >= 11 is 6.87. The molecule has 6 heteroatoms. The predicted molar refractivity (Wildman–Crippen MR) is 64.6 cm³/mol. The van der Waals surface area contributed by atoms with E-state index >= 15 is 0 Å². The van der Waals surface area contributed by atoms with Crippen molar-refractivity contribution in [2.45, 2.75) is 13.2 Å². The highest BCUT2D eigenvalue weighted by Crippen LogP contribution is 2.18. The van der Waals surface area contributed by atoms with Crippen LogP contribution in [-0.4, -0.2) is 13.9 Å². The molecule has 0 unspecified atom stereocenters. The maximum Gasteiger partial charge on any atom is 0.186 e. The van der Waals surface area contributed by atoms with E-state index in [2.05, 4.69) is 14.1 Å². The minimum Gasteiger partial charge on any atom is -0.392 e. The SMILES string of the molecule is OCc1cccc(CNc2nsnc2Cl)c1. The number of aliphatic hydroxyl groups excluding tert-OH is 1. The molecule has 0 aliphatic heterocycles. The molecule has 0 amide bonds. The van der Waals surface area contributed by atoms with Gasteiger partial charge in [-0.05, 0) is 11.1 Å². The van der Waals surface area contributed by atoms with Crippen LogP contribution in [0.15, 0.2) is 24.3 Å². The third kappa shape index (κ3) is 2.69. The Labute approximate surface area is 102 Å². The maximum atomic E-state index is 9.00. The molecule has 0 bridgehead atoms. The summed E-state index contributed by atoms with van der Waals surface area (Å²) in [6.07, 6.45) is 0. The zero-order chi connectivity index (χ0) is 11.4. The maximum absolute atomic E-state index is 9.00. The first-order valence-electron chi connectivity index (χ1n) is 4.70. The van der Waals surface area contributed by atoms with Gasteiger partial charge in [0.2, 0.25) is 0 Å². The summed E-state index contributed by atoms with van der Waals surface area (Å²) in [6.45, 7) is 0.659. The Morgan fingerprint density at radius 1 is 1.31 bits per heavy atom. The lowest BCUT2D eigenvalue weighted by Crippen LogP contribution is -2.00. The molecular weight excluding hydrogens is 246 g/mol. The van der Waals surface area contributed by atoms with Gasteiger partial charge in [-0.2, -0.15) is 8.75 Å². The highest BCUT2D eigenvalue weighted by atomic mass is 35.5. The van der Waals surface area contributed by atoms with E-state index in [1.807, 2.05) is 24.3 Å². The minimum atomic E-state index is 0.0485. The van der Waals surface area contributed by atoms with Gasteiger partial charge in [-0.3, -0.25) is 0 Å². The second-order valence-electron chi connectivity index (χ2n) is 3.24. The number of benzene rings is 1. The van der Waals surface area contributed by atoms with Gasteiger partial charge in [0.15, 0.2) is 11.0 Å². The van der Waals surface area contributed by atoms with Crippen LogP contribution in [-0.2, 0) is 13.2 Å². The molecule has 4 nitrogen and oxygen atoms in total. The van der Waals surface area contributed by atoms with Crippen LogP contribution in [0.3, 0.4) is 0 Å². The van der Waals surface area contributed by atoms with Crippen molar-refractivity contribution in [3.63, 3.8) is 0 Å². The second-order valence-corrected chi connectivity index (χ2v) is 4.12. The van der Waals surface area contributed by atoms with Gasteiger partial charge in [0.1, 0.15) is 0 Å². The molecule has 1 aromatic heterocycles. The topological polar surface area (TPSA) is 58.0 Å². The van der Waals surface area contributed by atoms with Crippen LogP contribution in [0.2, 0.25) is 5.15 Å². The fraction of sp³-hybridized carbons (Fsp3) is 0.200. The third-order valence-electron chi connectivity index (χ3n) is 2.08. The van der Waals surface area contributed by atoms with Crippen LogP contribution in [0, 0.1) is 0 Å². The van der Waals surface area contributed by atoms with Crippen LogP contribution < -0.4 is 5.32 Å². The van der Waals surface area contributed by atoms with Crippen LogP contribution in [0.1, 0.15) is 11.1 Å². The van der Waals surface area contributed by atoms with Gasteiger partial charge in [0, 0.05) is 6.54 Å². The Balaban J connectivity index is 2.02. The number of halogens is 1. The Bertz CT molecular complexity index is 475. The summed E-state index contributed by atoms with van der Waals surface area (Å²) in [6, 6.07) is 7.69. The monoisotopic (exact) mass is 255 g/mol. The number of hydrogen-bond acceptors (Lipinski definition) is 5. The molecule has 0 aliphatic rings. The summed E-state index contributed by atoms with van der Waals surface area (Å²) in [5.74, 6) is 0.598. The van der Waals surface area contributed by atoms with Gasteiger partial charge in [0.25, 0.3) is 0 Å². The molecule has 0 spiro atoms. The van der Waals surface area contributed by atoms with Crippen molar-refractivity contribution in [2.24, 2.45) is 0 Å². The largest absolute Gasteiger partial charge is 0.392 e.